The second-order valence-electron chi connectivity index (χ2n) is 7.82. The third-order valence-corrected chi connectivity index (χ3v) is 4.95. The molecule has 0 saturated carbocycles. The number of aliphatic hydroxyl groups is 1. The molecule has 0 radical (unpaired) electrons. The van der Waals surface area contributed by atoms with Gasteiger partial charge in [0.25, 0.3) is 0 Å². The summed E-state index contributed by atoms with van der Waals surface area (Å²) in [6.45, 7) is 5.02. The largest absolute Gasteiger partial charge is 0.388 e. The fourth-order valence-electron chi connectivity index (χ4n) is 2.75. The van der Waals surface area contributed by atoms with Crippen molar-refractivity contribution in [3.63, 3.8) is 0 Å². The minimum absolute atomic E-state index is 0.0465. The molecule has 168 valence electrons. The molecule has 0 aliphatic carbocycles. The molecule has 7 nitrogen and oxygen atoms in total. The Morgan fingerprint density at radius 3 is 2.47 bits per heavy atom. The Morgan fingerprint density at radius 2 is 1.81 bits per heavy atom. The van der Waals surface area contributed by atoms with Crippen LogP contribution in [-0.2, 0) is 6.54 Å². The number of nitrogens with zero attached hydrogens (tertiary/aromatic N) is 3. The Kier molecular flexibility index (Phi) is 6.99. The van der Waals surface area contributed by atoms with Crippen LogP contribution in [0.3, 0.4) is 0 Å². The number of hydrogen-bond donors (Lipinski definition) is 3. The van der Waals surface area contributed by atoms with Crippen molar-refractivity contribution in [2.75, 3.05) is 10.2 Å². The van der Waals surface area contributed by atoms with Gasteiger partial charge in [-0.25, -0.2) is 23.5 Å². The van der Waals surface area contributed by atoms with Gasteiger partial charge in [0.15, 0.2) is 0 Å². The molecule has 1 heterocycles. The Bertz CT molecular complexity index is 1070. The lowest BCUT2D eigenvalue weighted by molar-refractivity contribution is 0.0646. The van der Waals surface area contributed by atoms with Crippen molar-refractivity contribution in [3.05, 3.63) is 78.0 Å². The Balaban J connectivity index is 1.89. The van der Waals surface area contributed by atoms with Crippen LogP contribution >= 0.6 is 0 Å². The number of rotatable bonds is 7. The molecule has 0 spiro atoms. The molecular weight excluding hydrogens is 416 g/mol. The van der Waals surface area contributed by atoms with E-state index >= 15 is 0 Å². The maximum atomic E-state index is 13.9. The van der Waals surface area contributed by atoms with Crippen LogP contribution in [0.4, 0.5) is 31.0 Å². The maximum Gasteiger partial charge on any atom is 0.327 e. The van der Waals surface area contributed by atoms with Crippen molar-refractivity contribution in [1.29, 1.82) is 0 Å². The molecule has 0 aliphatic rings. The van der Waals surface area contributed by atoms with Gasteiger partial charge in [-0.15, -0.1) is 0 Å². The van der Waals surface area contributed by atoms with Crippen LogP contribution < -0.4 is 15.5 Å². The lowest BCUT2D eigenvalue weighted by atomic mass is 10.0. The number of urea groups is 1. The molecule has 9 heteroatoms. The number of benzene rings is 2. The molecule has 1 atom stereocenters. The van der Waals surface area contributed by atoms with E-state index in [1.807, 2.05) is 0 Å². The number of carbonyl (C=O) groups is 1. The monoisotopic (exact) mass is 441 g/mol. The van der Waals surface area contributed by atoms with Gasteiger partial charge in [-0.05, 0) is 51.1 Å². The molecule has 1 unspecified atom stereocenters. The van der Waals surface area contributed by atoms with Crippen LogP contribution in [0.15, 0.2) is 60.8 Å². The summed E-state index contributed by atoms with van der Waals surface area (Å²) < 4.78 is 27.4. The fraction of sp³-hybridized carbons (Fsp3) is 0.261. The van der Waals surface area contributed by atoms with E-state index in [0.29, 0.717) is 11.3 Å². The van der Waals surface area contributed by atoms with Gasteiger partial charge in [0, 0.05) is 24.4 Å². The van der Waals surface area contributed by atoms with Crippen molar-refractivity contribution < 1.29 is 18.7 Å². The smallest absolute Gasteiger partial charge is 0.327 e. The minimum Gasteiger partial charge on any atom is -0.388 e. The normalized spacial score (nSPS) is 12.2. The van der Waals surface area contributed by atoms with Gasteiger partial charge in [-0.3, -0.25) is 0 Å². The van der Waals surface area contributed by atoms with Crippen LogP contribution in [0.1, 0.15) is 26.3 Å². The van der Waals surface area contributed by atoms with Gasteiger partial charge in [0.05, 0.1) is 17.3 Å². The van der Waals surface area contributed by atoms with Gasteiger partial charge in [0.1, 0.15) is 17.5 Å². The van der Waals surface area contributed by atoms with Crippen molar-refractivity contribution in [2.45, 2.75) is 39.0 Å². The number of anilines is 3. The van der Waals surface area contributed by atoms with Crippen LogP contribution in [0.2, 0.25) is 0 Å². The van der Waals surface area contributed by atoms with E-state index < -0.39 is 23.3 Å². The number of aromatic nitrogens is 2. The molecule has 3 aromatic rings. The average Bonchev–Trinajstić information content (AvgIpc) is 2.74. The highest BCUT2D eigenvalue weighted by Crippen LogP contribution is 2.25. The molecule has 0 saturated heterocycles. The molecule has 0 bridgehead atoms. The van der Waals surface area contributed by atoms with E-state index in [9.17, 15) is 18.7 Å². The first-order valence-electron chi connectivity index (χ1n) is 10.0. The predicted octanol–water partition coefficient (Wildman–Crippen LogP) is 4.37. The first kappa shape index (κ1) is 23.1. The summed E-state index contributed by atoms with van der Waals surface area (Å²) in [7, 11) is 0. The zero-order valence-corrected chi connectivity index (χ0v) is 18.0. The number of amides is 2. The lowest BCUT2D eigenvalue weighted by Gasteiger charge is -2.27. The minimum atomic E-state index is -1.03. The molecule has 0 aliphatic heterocycles. The van der Waals surface area contributed by atoms with Crippen LogP contribution in [0.25, 0.3) is 0 Å². The van der Waals surface area contributed by atoms with Crippen LogP contribution in [-0.4, -0.2) is 32.7 Å². The maximum absolute atomic E-state index is 13.9. The van der Waals surface area contributed by atoms with E-state index in [1.54, 1.807) is 39.0 Å². The van der Waals surface area contributed by atoms with Gasteiger partial charge in [-0.2, -0.15) is 4.98 Å². The fourth-order valence-corrected chi connectivity index (χ4v) is 2.75. The molecule has 0 fully saturated rings. The zero-order chi connectivity index (χ0) is 23.3. The average molecular weight is 441 g/mol. The summed E-state index contributed by atoms with van der Waals surface area (Å²) in [4.78, 5) is 22.9. The molecule has 3 rings (SSSR count). The highest BCUT2D eigenvalue weighted by molar-refractivity contribution is 5.98. The molecular formula is C23H25F2N5O2. The van der Waals surface area contributed by atoms with E-state index in [0.717, 1.165) is 0 Å². The Labute approximate surface area is 185 Å². The van der Waals surface area contributed by atoms with Crippen molar-refractivity contribution in [2.24, 2.45) is 0 Å². The first-order valence-corrected chi connectivity index (χ1v) is 10.0. The number of carbonyl (C=O) groups excluding carboxylic acids is 1. The van der Waals surface area contributed by atoms with E-state index in [-0.39, 0.29) is 24.4 Å². The summed E-state index contributed by atoms with van der Waals surface area (Å²) in [5, 5.41) is 15.8. The molecule has 2 amide bonds. The predicted molar refractivity (Wildman–Crippen MR) is 119 cm³/mol. The summed E-state index contributed by atoms with van der Waals surface area (Å²) in [5.41, 5.74) is -0.353. The summed E-state index contributed by atoms with van der Waals surface area (Å²) in [6.07, 6.45) is 1.46. The number of hydrogen-bond acceptors (Lipinski definition) is 5. The van der Waals surface area contributed by atoms with E-state index in [4.69, 9.17) is 0 Å². The second kappa shape index (κ2) is 9.69. The van der Waals surface area contributed by atoms with Crippen molar-refractivity contribution >= 4 is 23.5 Å². The highest BCUT2D eigenvalue weighted by Gasteiger charge is 2.24. The lowest BCUT2D eigenvalue weighted by Crippen LogP contribution is -2.40. The van der Waals surface area contributed by atoms with E-state index in [1.165, 1.54) is 47.5 Å². The molecule has 3 N–H and O–H groups in total. The van der Waals surface area contributed by atoms with Gasteiger partial charge >= 0.3 is 6.03 Å². The van der Waals surface area contributed by atoms with E-state index in [2.05, 4.69) is 20.6 Å². The first-order chi connectivity index (χ1) is 15.1. The number of nitrogens with one attached hydrogen (secondary N) is 2. The van der Waals surface area contributed by atoms with Crippen molar-refractivity contribution in [1.82, 2.24) is 15.3 Å². The Hall–Kier alpha value is -3.59. The van der Waals surface area contributed by atoms with Gasteiger partial charge < -0.3 is 15.7 Å². The SMILES string of the molecule is CC(Nc1nccc(N(C(=O)NCc2ccccc2F)c2ccc(F)cc2)n1)C(C)(C)O. The summed E-state index contributed by atoms with van der Waals surface area (Å²) in [6, 6.07) is 12.0. The summed E-state index contributed by atoms with van der Waals surface area (Å²) in [5.74, 6) is -0.478. The third-order valence-electron chi connectivity index (χ3n) is 4.95. The quantitative estimate of drug-likeness (QED) is 0.506. The van der Waals surface area contributed by atoms with Crippen LogP contribution in [0, 0.1) is 11.6 Å². The topological polar surface area (TPSA) is 90.4 Å². The standard InChI is InChI=1S/C23H25F2N5O2/c1-15(23(2,3)32)28-21-26-13-12-20(29-21)30(18-10-8-17(24)9-11-18)22(31)27-14-16-6-4-5-7-19(16)25/h4-13,15,32H,14H2,1-3H3,(H,27,31)(H,26,28,29). The Morgan fingerprint density at radius 1 is 1.12 bits per heavy atom. The summed E-state index contributed by atoms with van der Waals surface area (Å²) >= 11 is 0. The highest BCUT2D eigenvalue weighted by atomic mass is 19.1. The molecule has 1 aromatic heterocycles. The van der Waals surface area contributed by atoms with Crippen LogP contribution in [0.5, 0.6) is 0 Å². The van der Waals surface area contributed by atoms with Crippen molar-refractivity contribution in [3.8, 4) is 0 Å². The third kappa shape index (κ3) is 5.76. The molecule has 32 heavy (non-hydrogen) atoms. The zero-order valence-electron chi connectivity index (χ0n) is 18.0. The van der Waals surface area contributed by atoms with Gasteiger partial charge in [0.2, 0.25) is 5.95 Å². The number of halogens is 2. The van der Waals surface area contributed by atoms with Gasteiger partial charge in [-0.1, -0.05) is 18.2 Å². The second-order valence-corrected chi connectivity index (χ2v) is 7.82. The molecule has 2 aromatic carbocycles.